The van der Waals surface area contributed by atoms with Gasteiger partial charge in [0.2, 0.25) is 0 Å². The standard InChI is InChI=1S/C12H17NO3/c1-12(16,11(14)15)9-13-8-7-10-5-3-2-4-6-10/h2-6,13,16H,7-9H2,1H3,(H,14,15). The number of aliphatic carboxylic acids is 1. The van der Waals surface area contributed by atoms with Crippen molar-refractivity contribution in [1.29, 1.82) is 0 Å². The predicted octanol–water partition coefficient (Wildman–Crippen LogP) is 0.654. The molecule has 0 aromatic heterocycles. The molecule has 0 heterocycles. The molecule has 0 amide bonds. The van der Waals surface area contributed by atoms with Crippen LogP contribution in [0.2, 0.25) is 0 Å². The van der Waals surface area contributed by atoms with Crippen LogP contribution in [0.3, 0.4) is 0 Å². The van der Waals surface area contributed by atoms with Gasteiger partial charge in [0.1, 0.15) is 0 Å². The van der Waals surface area contributed by atoms with E-state index < -0.39 is 11.6 Å². The van der Waals surface area contributed by atoms with Crippen LogP contribution in [0.4, 0.5) is 0 Å². The highest BCUT2D eigenvalue weighted by Gasteiger charge is 2.28. The van der Waals surface area contributed by atoms with E-state index >= 15 is 0 Å². The molecule has 0 saturated carbocycles. The van der Waals surface area contributed by atoms with Gasteiger partial charge in [-0.05, 0) is 25.5 Å². The molecule has 3 N–H and O–H groups in total. The fraction of sp³-hybridized carbons (Fsp3) is 0.417. The zero-order valence-electron chi connectivity index (χ0n) is 9.31. The maximum Gasteiger partial charge on any atom is 0.336 e. The van der Waals surface area contributed by atoms with Gasteiger partial charge < -0.3 is 15.5 Å². The number of carboxylic acid groups (broad SMARTS) is 1. The molecule has 0 saturated heterocycles. The Morgan fingerprint density at radius 3 is 2.56 bits per heavy atom. The minimum atomic E-state index is -1.70. The van der Waals surface area contributed by atoms with Gasteiger partial charge in [-0.2, -0.15) is 0 Å². The first-order valence-electron chi connectivity index (χ1n) is 5.23. The molecule has 0 aliphatic heterocycles. The van der Waals surface area contributed by atoms with Gasteiger partial charge in [0.05, 0.1) is 0 Å². The Morgan fingerprint density at radius 1 is 1.38 bits per heavy atom. The quantitative estimate of drug-likeness (QED) is 0.619. The van der Waals surface area contributed by atoms with E-state index in [4.69, 9.17) is 5.11 Å². The van der Waals surface area contributed by atoms with Crippen molar-refractivity contribution in [3.8, 4) is 0 Å². The molecule has 1 aromatic rings. The summed E-state index contributed by atoms with van der Waals surface area (Å²) in [6.07, 6.45) is 0.816. The van der Waals surface area contributed by atoms with E-state index in [-0.39, 0.29) is 6.54 Å². The molecule has 16 heavy (non-hydrogen) atoms. The lowest BCUT2D eigenvalue weighted by molar-refractivity contribution is -0.156. The summed E-state index contributed by atoms with van der Waals surface area (Å²) in [6, 6.07) is 9.89. The van der Waals surface area contributed by atoms with Crippen molar-refractivity contribution in [1.82, 2.24) is 5.32 Å². The molecular weight excluding hydrogens is 206 g/mol. The van der Waals surface area contributed by atoms with Gasteiger partial charge in [0.25, 0.3) is 0 Å². The average molecular weight is 223 g/mol. The maximum absolute atomic E-state index is 10.6. The zero-order chi connectivity index (χ0) is 12.0. The molecular formula is C12H17NO3. The minimum Gasteiger partial charge on any atom is -0.479 e. The summed E-state index contributed by atoms with van der Waals surface area (Å²) < 4.78 is 0. The van der Waals surface area contributed by atoms with E-state index in [1.54, 1.807) is 0 Å². The van der Waals surface area contributed by atoms with Crippen LogP contribution in [0.25, 0.3) is 0 Å². The van der Waals surface area contributed by atoms with Gasteiger partial charge in [0.15, 0.2) is 5.60 Å². The Balaban J connectivity index is 2.25. The SMILES string of the molecule is CC(O)(CNCCc1ccccc1)C(=O)O. The van der Waals surface area contributed by atoms with Gasteiger partial charge in [-0.3, -0.25) is 0 Å². The predicted molar refractivity (Wildman–Crippen MR) is 61.3 cm³/mol. The number of aliphatic hydroxyl groups is 1. The number of benzene rings is 1. The summed E-state index contributed by atoms with van der Waals surface area (Å²) >= 11 is 0. The first-order valence-corrected chi connectivity index (χ1v) is 5.23. The van der Waals surface area contributed by atoms with E-state index in [0.717, 1.165) is 6.42 Å². The summed E-state index contributed by atoms with van der Waals surface area (Å²) in [5.74, 6) is -1.21. The van der Waals surface area contributed by atoms with Crippen molar-refractivity contribution in [2.45, 2.75) is 18.9 Å². The number of nitrogens with one attached hydrogen (secondary N) is 1. The number of carbonyl (C=O) groups is 1. The highest BCUT2D eigenvalue weighted by atomic mass is 16.4. The van der Waals surface area contributed by atoms with Crippen LogP contribution in [0.1, 0.15) is 12.5 Å². The van der Waals surface area contributed by atoms with Crippen LogP contribution in [0.15, 0.2) is 30.3 Å². The van der Waals surface area contributed by atoms with Gasteiger partial charge in [-0.15, -0.1) is 0 Å². The lowest BCUT2D eigenvalue weighted by atomic mass is 10.1. The summed E-state index contributed by atoms with van der Waals surface area (Å²) in [4.78, 5) is 10.6. The summed E-state index contributed by atoms with van der Waals surface area (Å²) in [5.41, 5.74) is -0.513. The zero-order valence-corrected chi connectivity index (χ0v) is 9.31. The molecule has 0 fully saturated rings. The van der Waals surface area contributed by atoms with Crippen molar-refractivity contribution >= 4 is 5.97 Å². The van der Waals surface area contributed by atoms with Crippen LogP contribution in [-0.4, -0.2) is 34.9 Å². The minimum absolute atomic E-state index is 0.0508. The second kappa shape index (κ2) is 5.63. The molecule has 0 bridgehead atoms. The van der Waals surface area contributed by atoms with E-state index in [0.29, 0.717) is 6.54 Å². The van der Waals surface area contributed by atoms with E-state index in [2.05, 4.69) is 5.32 Å². The summed E-state index contributed by atoms with van der Waals surface area (Å²) in [7, 11) is 0. The van der Waals surface area contributed by atoms with Gasteiger partial charge in [-0.1, -0.05) is 30.3 Å². The van der Waals surface area contributed by atoms with Crippen LogP contribution in [0.5, 0.6) is 0 Å². The lowest BCUT2D eigenvalue weighted by Crippen LogP contribution is -2.45. The molecule has 0 aliphatic rings. The molecule has 1 unspecified atom stereocenters. The summed E-state index contributed by atoms with van der Waals surface area (Å²) in [6.45, 7) is 1.98. The third kappa shape index (κ3) is 4.00. The first kappa shape index (κ1) is 12.7. The maximum atomic E-state index is 10.6. The highest BCUT2D eigenvalue weighted by Crippen LogP contribution is 2.02. The Bertz CT molecular complexity index is 335. The lowest BCUT2D eigenvalue weighted by Gasteiger charge is -2.18. The molecule has 88 valence electrons. The van der Waals surface area contributed by atoms with Crippen LogP contribution < -0.4 is 5.32 Å². The van der Waals surface area contributed by atoms with Gasteiger partial charge in [-0.25, -0.2) is 4.79 Å². The third-order valence-corrected chi connectivity index (χ3v) is 2.36. The van der Waals surface area contributed by atoms with Gasteiger partial charge in [0, 0.05) is 6.54 Å². The Labute approximate surface area is 94.9 Å². The average Bonchev–Trinajstić information content (AvgIpc) is 2.26. The van der Waals surface area contributed by atoms with E-state index in [9.17, 15) is 9.90 Å². The van der Waals surface area contributed by atoms with Crippen LogP contribution in [0, 0.1) is 0 Å². The van der Waals surface area contributed by atoms with Gasteiger partial charge >= 0.3 is 5.97 Å². The van der Waals surface area contributed by atoms with E-state index in [1.165, 1.54) is 12.5 Å². The van der Waals surface area contributed by atoms with Crippen LogP contribution in [-0.2, 0) is 11.2 Å². The molecule has 0 aliphatic carbocycles. The number of hydrogen-bond donors (Lipinski definition) is 3. The van der Waals surface area contributed by atoms with Crippen molar-refractivity contribution in [3.05, 3.63) is 35.9 Å². The second-order valence-corrected chi connectivity index (χ2v) is 3.99. The normalized spacial score (nSPS) is 14.4. The van der Waals surface area contributed by atoms with Crippen molar-refractivity contribution < 1.29 is 15.0 Å². The molecule has 0 radical (unpaired) electrons. The number of rotatable bonds is 6. The Hall–Kier alpha value is -1.39. The molecule has 1 aromatic carbocycles. The topological polar surface area (TPSA) is 69.6 Å². The monoisotopic (exact) mass is 223 g/mol. The van der Waals surface area contributed by atoms with Crippen molar-refractivity contribution in [2.75, 3.05) is 13.1 Å². The van der Waals surface area contributed by atoms with Crippen LogP contribution >= 0.6 is 0 Å². The summed E-state index contributed by atoms with van der Waals surface area (Å²) in [5, 5.41) is 21.0. The molecule has 1 rings (SSSR count). The van der Waals surface area contributed by atoms with Crippen molar-refractivity contribution in [3.63, 3.8) is 0 Å². The third-order valence-electron chi connectivity index (χ3n) is 2.36. The van der Waals surface area contributed by atoms with E-state index in [1.807, 2.05) is 30.3 Å². The second-order valence-electron chi connectivity index (χ2n) is 3.99. The fourth-order valence-electron chi connectivity index (χ4n) is 1.28. The molecule has 1 atom stereocenters. The number of hydrogen-bond acceptors (Lipinski definition) is 3. The Kier molecular flexibility index (Phi) is 4.46. The largest absolute Gasteiger partial charge is 0.479 e. The molecule has 0 spiro atoms. The fourth-order valence-corrected chi connectivity index (χ4v) is 1.28. The smallest absolute Gasteiger partial charge is 0.336 e. The molecule has 4 nitrogen and oxygen atoms in total. The highest BCUT2D eigenvalue weighted by molar-refractivity contribution is 5.76. The first-order chi connectivity index (χ1) is 7.52. The molecule has 4 heteroatoms. The van der Waals surface area contributed by atoms with Crippen molar-refractivity contribution in [2.24, 2.45) is 0 Å². The Morgan fingerprint density at radius 2 is 2.00 bits per heavy atom. The number of carboxylic acids is 1.